The highest BCUT2D eigenvalue weighted by atomic mass is 16.5. The van der Waals surface area contributed by atoms with Gasteiger partial charge in [-0.05, 0) is 42.5 Å². The lowest BCUT2D eigenvalue weighted by atomic mass is 10.1. The number of hydrogen-bond donors (Lipinski definition) is 2. The van der Waals surface area contributed by atoms with Crippen LogP contribution in [0.25, 0.3) is 33.4 Å². The van der Waals surface area contributed by atoms with Gasteiger partial charge in [0.1, 0.15) is 22.9 Å². The minimum absolute atomic E-state index is 0.130. The Morgan fingerprint density at radius 2 is 1.90 bits per heavy atom. The van der Waals surface area contributed by atoms with E-state index in [1.807, 2.05) is 54.6 Å². The zero-order valence-electron chi connectivity index (χ0n) is 15.6. The number of aromatic nitrogens is 2. The van der Waals surface area contributed by atoms with E-state index in [0.29, 0.717) is 28.4 Å². The monoisotopic (exact) mass is 383 g/mol. The molecule has 0 aliphatic heterocycles. The molecule has 5 aromatic rings. The predicted octanol–water partition coefficient (Wildman–Crippen LogP) is 4.92. The Bertz CT molecular complexity index is 1380. The van der Waals surface area contributed by atoms with Crippen molar-refractivity contribution in [1.29, 1.82) is 0 Å². The molecular weight excluding hydrogens is 366 g/mol. The van der Waals surface area contributed by atoms with Crippen molar-refractivity contribution >= 4 is 27.7 Å². The van der Waals surface area contributed by atoms with Crippen molar-refractivity contribution in [3.8, 4) is 22.9 Å². The molecule has 142 valence electrons. The fraction of sp³-hybridized carbons (Fsp3) is 0.0435. The number of hydrogen-bond acceptors (Lipinski definition) is 5. The van der Waals surface area contributed by atoms with Crippen LogP contribution in [-0.4, -0.2) is 22.2 Å². The van der Waals surface area contributed by atoms with E-state index >= 15 is 0 Å². The van der Waals surface area contributed by atoms with Gasteiger partial charge in [-0.3, -0.25) is 0 Å². The number of phenols is 1. The molecule has 0 amide bonds. The van der Waals surface area contributed by atoms with E-state index in [9.17, 15) is 5.11 Å². The Morgan fingerprint density at radius 3 is 2.76 bits per heavy atom. The summed E-state index contributed by atoms with van der Waals surface area (Å²) in [6, 6.07) is 22.2. The summed E-state index contributed by atoms with van der Waals surface area (Å²) in [4.78, 5) is 12.7. The molecule has 2 heterocycles. The molecule has 6 heteroatoms. The van der Waals surface area contributed by atoms with Gasteiger partial charge < -0.3 is 19.2 Å². The number of fused-ring (bicyclic) bond motifs is 2. The molecule has 29 heavy (non-hydrogen) atoms. The average molecular weight is 383 g/mol. The summed E-state index contributed by atoms with van der Waals surface area (Å²) in [7, 11) is 1.61. The van der Waals surface area contributed by atoms with Gasteiger partial charge in [0.2, 0.25) is 5.55 Å². The van der Waals surface area contributed by atoms with Crippen LogP contribution in [0.4, 0.5) is 5.69 Å². The van der Waals surface area contributed by atoms with Gasteiger partial charge in [0, 0.05) is 17.5 Å². The van der Waals surface area contributed by atoms with Crippen LogP contribution in [0, 0.1) is 0 Å². The fourth-order valence-electron chi connectivity index (χ4n) is 3.24. The van der Waals surface area contributed by atoms with Crippen molar-refractivity contribution in [2.45, 2.75) is 0 Å². The van der Waals surface area contributed by atoms with Crippen LogP contribution in [-0.2, 0) is 0 Å². The van der Waals surface area contributed by atoms with Gasteiger partial charge in [0.05, 0.1) is 29.4 Å². The van der Waals surface area contributed by atoms with E-state index in [4.69, 9.17) is 14.1 Å². The SMILES string of the molecule is COc1cccc(N=c2oc3cc(O)ccc3cc2-c2nc3ccccc3[nH]2)c1. The van der Waals surface area contributed by atoms with Crippen molar-refractivity contribution in [1.82, 2.24) is 9.97 Å². The van der Waals surface area contributed by atoms with Crippen LogP contribution in [0.3, 0.4) is 0 Å². The second-order valence-electron chi connectivity index (χ2n) is 6.60. The molecule has 3 aromatic carbocycles. The smallest absolute Gasteiger partial charge is 0.230 e. The molecule has 0 fully saturated rings. The largest absolute Gasteiger partial charge is 0.508 e. The molecule has 0 radical (unpaired) electrons. The summed E-state index contributed by atoms with van der Waals surface area (Å²) in [5.41, 5.74) is 4.12. The van der Waals surface area contributed by atoms with Crippen molar-refractivity contribution in [3.05, 3.63) is 78.4 Å². The molecule has 2 aromatic heterocycles. The number of benzene rings is 3. The molecule has 0 atom stereocenters. The Kier molecular flexibility index (Phi) is 4.02. The van der Waals surface area contributed by atoms with Gasteiger partial charge in [-0.1, -0.05) is 18.2 Å². The molecule has 0 bridgehead atoms. The quantitative estimate of drug-likeness (QED) is 0.463. The van der Waals surface area contributed by atoms with E-state index in [2.05, 4.69) is 9.98 Å². The molecule has 6 nitrogen and oxygen atoms in total. The number of ether oxygens (including phenoxy) is 1. The van der Waals surface area contributed by atoms with Gasteiger partial charge in [-0.15, -0.1) is 0 Å². The van der Waals surface area contributed by atoms with Crippen LogP contribution in [0.15, 0.2) is 82.2 Å². The second-order valence-corrected chi connectivity index (χ2v) is 6.60. The van der Waals surface area contributed by atoms with Crippen molar-refractivity contribution in [2.24, 2.45) is 4.99 Å². The summed E-state index contributed by atoms with van der Waals surface area (Å²) in [5.74, 6) is 1.49. The number of imidazole rings is 1. The molecule has 0 unspecified atom stereocenters. The molecular formula is C23H17N3O3. The highest BCUT2D eigenvalue weighted by Crippen LogP contribution is 2.25. The standard InChI is InChI=1S/C23H17N3O3/c1-28-17-6-4-5-15(12-17)24-23-18(11-14-9-10-16(27)13-21(14)29-23)22-25-19-7-2-3-8-20(19)26-22/h2-13,27H,1H3,(H,25,26). The number of para-hydroxylation sites is 2. The van der Waals surface area contributed by atoms with E-state index in [-0.39, 0.29) is 5.75 Å². The average Bonchev–Trinajstić information content (AvgIpc) is 3.17. The second kappa shape index (κ2) is 6.83. The number of methoxy groups -OCH3 is 1. The zero-order chi connectivity index (χ0) is 19.8. The van der Waals surface area contributed by atoms with Gasteiger partial charge in [-0.25, -0.2) is 9.98 Å². The van der Waals surface area contributed by atoms with Crippen LogP contribution < -0.4 is 10.3 Å². The number of aromatic hydroxyl groups is 1. The van der Waals surface area contributed by atoms with Crippen LogP contribution >= 0.6 is 0 Å². The van der Waals surface area contributed by atoms with Crippen LogP contribution in [0.2, 0.25) is 0 Å². The normalized spacial score (nSPS) is 12.0. The summed E-state index contributed by atoms with van der Waals surface area (Å²) in [6.07, 6.45) is 0. The number of nitrogens with zero attached hydrogens (tertiary/aromatic N) is 2. The maximum absolute atomic E-state index is 9.84. The van der Waals surface area contributed by atoms with Crippen LogP contribution in [0.5, 0.6) is 11.5 Å². The Labute approximate surface area is 165 Å². The maximum atomic E-state index is 9.84. The lowest BCUT2D eigenvalue weighted by Gasteiger charge is -2.04. The molecule has 0 saturated carbocycles. The third kappa shape index (κ3) is 3.21. The molecule has 0 aliphatic rings. The van der Waals surface area contributed by atoms with Gasteiger partial charge in [0.15, 0.2) is 0 Å². The fourth-order valence-corrected chi connectivity index (χ4v) is 3.24. The van der Waals surface area contributed by atoms with E-state index < -0.39 is 0 Å². The number of rotatable bonds is 3. The Hall–Kier alpha value is -4.06. The Balaban J connectivity index is 1.79. The lowest BCUT2D eigenvalue weighted by Crippen LogP contribution is -2.06. The summed E-state index contributed by atoms with van der Waals surface area (Å²) in [5, 5.41) is 10.7. The van der Waals surface area contributed by atoms with Gasteiger partial charge in [0.25, 0.3) is 0 Å². The first-order chi connectivity index (χ1) is 14.2. The highest BCUT2D eigenvalue weighted by molar-refractivity contribution is 5.84. The van der Waals surface area contributed by atoms with Gasteiger partial charge >= 0.3 is 0 Å². The third-order valence-electron chi connectivity index (χ3n) is 4.66. The minimum atomic E-state index is 0.130. The predicted molar refractivity (Wildman–Crippen MR) is 111 cm³/mol. The number of nitrogens with one attached hydrogen (secondary N) is 1. The first-order valence-corrected chi connectivity index (χ1v) is 9.10. The lowest BCUT2D eigenvalue weighted by molar-refractivity contribution is 0.415. The van der Waals surface area contributed by atoms with Crippen molar-refractivity contribution < 1.29 is 14.3 Å². The minimum Gasteiger partial charge on any atom is -0.508 e. The Morgan fingerprint density at radius 1 is 1.00 bits per heavy atom. The topological polar surface area (TPSA) is 83.6 Å². The number of aromatic amines is 1. The molecule has 0 spiro atoms. The number of H-pyrrole nitrogens is 1. The molecule has 5 rings (SSSR count). The van der Waals surface area contributed by atoms with Crippen molar-refractivity contribution in [2.75, 3.05) is 7.11 Å². The first kappa shape index (κ1) is 17.1. The summed E-state index contributed by atoms with van der Waals surface area (Å²) < 4.78 is 11.4. The first-order valence-electron chi connectivity index (χ1n) is 9.10. The molecule has 2 N–H and O–H groups in total. The maximum Gasteiger partial charge on any atom is 0.230 e. The number of phenolic OH excluding ortho intramolecular Hbond substituents is 1. The summed E-state index contributed by atoms with van der Waals surface area (Å²) in [6.45, 7) is 0. The van der Waals surface area contributed by atoms with Crippen molar-refractivity contribution in [3.63, 3.8) is 0 Å². The van der Waals surface area contributed by atoms with Crippen LogP contribution in [0.1, 0.15) is 0 Å². The molecule has 0 aliphatic carbocycles. The molecule has 0 saturated heterocycles. The third-order valence-corrected chi connectivity index (χ3v) is 4.66. The summed E-state index contributed by atoms with van der Waals surface area (Å²) >= 11 is 0. The highest BCUT2D eigenvalue weighted by Gasteiger charge is 2.12. The zero-order valence-corrected chi connectivity index (χ0v) is 15.6. The van der Waals surface area contributed by atoms with E-state index in [1.165, 1.54) is 0 Å². The van der Waals surface area contributed by atoms with E-state index in [1.54, 1.807) is 25.3 Å². The van der Waals surface area contributed by atoms with Gasteiger partial charge in [-0.2, -0.15) is 0 Å². The van der Waals surface area contributed by atoms with E-state index in [0.717, 1.165) is 22.0 Å².